The molecule has 0 unspecified atom stereocenters. The van der Waals surface area contributed by atoms with E-state index < -0.39 is 19.2 Å². The SMILES string of the molecule is CC(C)c1ccnc(-c2[c-]cc3c(ccc4ccccc43)c2)c1.[2H]C(C)(C)c1ccnc(-c2[c-]ccc3c2oc2c[c]([Ge]([CH3])([CH3])[CH3])ccc23)c1.[Ir]. The molecule has 5 aromatic carbocycles. The monoisotopic (exact) mass is 894 g/mol. The van der Waals surface area contributed by atoms with Crippen molar-refractivity contribution in [2.75, 3.05) is 0 Å². The minimum Gasteiger partial charge on any atom is 0 e. The fourth-order valence-corrected chi connectivity index (χ4v) is 8.73. The molecule has 0 aliphatic heterocycles. The average Bonchev–Trinajstić information content (AvgIpc) is 3.49. The number of rotatable bonds is 5. The minimum atomic E-state index is -1.92. The van der Waals surface area contributed by atoms with Crippen molar-refractivity contribution in [1.82, 2.24) is 9.97 Å². The van der Waals surface area contributed by atoms with Gasteiger partial charge in [-0.25, -0.2) is 0 Å². The van der Waals surface area contributed by atoms with E-state index in [1.807, 2.05) is 38.2 Å². The second-order valence-corrected chi connectivity index (χ2v) is 25.0. The average molecular weight is 893 g/mol. The van der Waals surface area contributed by atoms with Crippen LogP contribution in [-0.4, -0.2) is 23.2 Å². The zero-order valence-electron chi connectivity index (χ0n) is 30.7. The topological polar surface area (TPSA) is 38.9 Å². The summed E-state index contributed by atoms with van der Waals surface area (Å²) < 4.78 is 16.1. The molecule has 5 heteroatoms. The molecule has 3 nitrogen and oxygen atoms in total. The Kier molecular flexibility index (Phi) is 10.1. The zero-order chi connectivity index (χ0) is 35.2. The van der Waals surface area contributed by atoms with Crippen LogP contribution in [0.15, 0.2) is 120 Å². The summed E-state index contributed by atoms with van der Waals surface area (Å²) in [5.74, 6) is 7.00. The normalized spacial score (nSPS) is 12.2. The van der Waals surface area contributed by atoms with E-state index in [1.54, 1.807) is 6.20 Å². The molecule has 0 atom stereocenters. The molecule has 8 aromatic rings. The summed E-state index contributed by atoms with van der Waals surface area (Å²) in [6.07, 6.45) is 3.66. The van der Waals surface area contributed by atoms with Gasteiger partial charge in [-0.1, -0.05) is 72.6 Å². The van der Waals surface area contributed by atoms with Crippen LogP contribution in [0.2, 0.25) is 17.3 Å². The van der Waals surface area contributed by atoms with E-state index in [1.165, 1.54) is 31.5 Å². The van der Waals surface area contributed by atoms with Crippen molar-refractivity contribution in [3.63, 3.8) is 0 Å². The minimum absolute atomic E-state index is 0. The first-order valence-electron chi connectivity index (χ1n) is 17.5. The molecular weight excluding hydrogens is 849 g/mol. The van der Waals surface area contributed by atoms with Gasteiger partial charge in [0.25, 0.3) is 0 Å². The quantitative estimate of drug-likeness (QED) is 0.0982. The van der Waals surface area contributed by atoms with Crippen molar-refractivity contribution < 1.29 is 25.9 Å². The summed E-state index contributed by atoms with van der Waals surface area (Å²) in [5, 5.41) is 7.23. The number of hydrogen-bond acceptors (Lipinski definition) is 3. The van der Waals surface area contributed by atoms with E-state index in [0.29, 0.717) is 5.92 Å². The fourth-order valence-electron chi connectivity index (χ4n) is 6.32. The van der Waals surface area contributed by atoms with Gasteiger partial charge >= 0.3 is 159 Å². The van der Waals surface area contributed by atoms with Gasteiger partial charge in [-0.2, -0.15) is 0 Å². The maximum Gasteiger partial charge on any atom is 0 e. The van der Waals surface area contributed by atoms with E-state index in [0.717, 1.165) is 50.0 Å². The summed E-state index contributed by atoms with van der Waals surface area (Å²) in [4.78, 5) is 9.06. The van der Waals surface area contributed by atoms with E-state index in [2.05, 4.69) is 138 Å². The summed E-state index contributed by atoms with van der Waals surface area (Å²) in [6, 6.07) is 42.6. The standard InChI is InChI=1S/C23H24GeNO.C22H18N.Ir/c1-15(2)16-11-12-25-21(13-16)20-8-6-7-19-18-10-9-17(24(3,4)5)14-22(18)26-23(19)20;1-15(2)17-11-12-23-22(14-17)19-9-10-21-18(13-19)8-7-16-5-3-4-6-20(16)21;/h6-7,9-15H,1-5H3;3-8,10-15H,1-2H3;/q2*-1;/i15D;;. The van der Waals surface area contributed by atoms with Crippen LogP contribution in [0.25, 0.3) is 66.0 Å². The molecule has 0 bridgehead atoms. The largest absolute Gasteiger partial charge is 0 e. The number of aromatic nitrogens is 2. The molecule has 253 valence electrons. The Morgan fingerprint density at radius 2 is 1.40 bits per heavy atom. The molecule has 8 rings (SSSR count). The van der Waals surface area contributed by atoms with Crippen LogP contribution in [0.5, 0.6) is 0 Å². The Morgan fingerprint density at radius 1 is 0.680 bits per heavy atom. The summed E-state index contributed by atoms with van der Waals surface area (Å²) in [6.45, 7) is 8.18. The van der Waals surface area contributed by atoms with E-state index in [4.69, 9.17) is 5.79 Å². The van der Waals surface area contributed by atoms with Gasteiger partial charge in [0, 0.05) is 26.3 Å². The van der Waals surface area contributed by atoms with Gasteiger partial charge in [0.15, 0.2) is 0 Å². The molecule has 0 fully saturated rings. The first-order chi connectivity index (χ1) is 23.9. The molecule has 0 amide bonds. The maximum atomic E-state index is 8.31. The molecule has 0 aliphatic rings. The Hall–Kier alpha value is -4.09. The molecule has 0 spiro atoms. The molecule has 1 radical (unpaired) electrons. The maximum absolute atomic E-state index is 8.31. The van der Waals surface area contributed by atoms with Crippen molar-refractivity contribution in [3.8, 4) is 22.5 Å². The fraction of sp³-hybridized carbons (Fsp3) is 0.200. The Bertz CT molecular complexity index is 2510. The molecule has 0 aliphatic carbocycles. The van der Waals surface area contributed by atoms with Gasteiger partial charge in [0.2, 0.25) is 0 Å². The van der Waals surface area contributed by atoms with Crippen LogP contribution in [0.1, 0.15) is 52.0 Å². The molecule has 3 aromatic heterocycles. The summed E-state index contributed by atoms with van der Waals surface area (Å²) >= 11 is -1.92. The number of furan rings is 1. The molecular formula is C45H42GeIrN2O-2. The molecule has 0 saturated carbocycles. The predicted molar refractivity (Wildman–Crippen MR) is 210 cm³/mol. The van der Waals surface area contributed by atoms with Gasteiger partial charge in [0.1, 0.15) is 0 Å². The van der Waals surface area contributed by atoms with Crippen LogP contribution >= 0.6 is 0 Å². The molecule has 0 saturated heterocycles. The van der Waals surface area contributed by atoms with Crippen LogP contribution < -0.4 is 4.40 Å². The van der Waals surface area contributed by atoms with Crippen molar-refractivity contribution in [2.45, 2.75) is 56.8 Å². The first-order valence-corrected chi connectivity index (χ1v) is 24.3. The van der Waals surface area contributed by atoms with Crippen molar-refractivity contribution in [3.05, 3.63) is 139 Å². The van der Waals surface area contributed by atoms with Crippen LogP contribution in [-0.2, 0) is 20.1 Å². The van der Waals surface area contributed by atoms with Crippen molar-refractivity contribution >= 4 is 61.1 Å². The second kappa shape index (κ2) is 14.6. The van der Waals surface area contributed by atoms with Gasteiger partial charge in [-0.05, 0) is 23.1 Å². The number of benzene rings is 5. The van der Waals surface area contributed by atoms with Crippen molar-refractivity contribution in [1.29, 1.82) is 0 Å². The Morgan fingerprint density at radius 3 is 2.16 bits per heavy atom. The smallest absolute Gasteiger partial charge is 0 e. The van der Waals surface area contributed by atoms with Gasteiger partial charge in [-0.15, -0.1) is 29.1 Å². The van der Waals surface area contributed by atoms with Gasteiger partial charge in [-0.3, -0.25) is 0 Å². The zero-order valence-corrected chi connectivity index (χ0v) is 34.2. The van der Waals surface area contributed by atoms with Gasteiger partial charge in [0.05, 0.1) is 0 Å². The van der Waals surface area contributed by atoms with Gasteiger partial charge < -0.3 is 4.98 Å². The summed E-state index contributed by atoms with van der Waals surface area (Å²) in [7, 11) is 0. The van der Waals surface area contributed by atoms with Crippen LogP contribution in [0.3, 0.4) is 0 Å². The number of fused-ring (bicyclic) bond motifs is 6. The van der Waals surface area contributed by atoms with Crippen LogP contribution in [0.4, 0.5) is 0 Å². The summed E-state index contributed by atoms with van der Waals surface area (Å²) in [5.41, 5.74) is 7.68. The Balaban J connectivity index is 0.000000174. The Labute approximate surface area is 313 Å². The molecule has 3 heterocycles. The third-order valence-corrected chi connectivity index (χ3v) is 13.6. The van der Waals surface area contributed by atoms with Crippen LogP contribution in [0, 0.1) is 12.1 Å². The number of nitrogens with zero attached hydrogens (tertiary/aromatic N) is 2. The van der Waals surface area contributed by atoms with E-state index >= 15 is 0 Å². The first kappa shape index (κ1) is 34.4. The van der Waals surface area contributed by atoms with Crippen molar-refractivity contribution in [2.24, 2.45) is 0 Å². The van der Waals surface area contributed by atoms with E-state index in [9.17, 15) is 0 Å². The number of hydrogen-bond donors (Lipinski definition) is 0. The number of pyridine rings is 2. The predicted octanol–water partition coefficient (Wildman–Crippen LogP) is 12.1. The molecule has 0 N–H and O–H groups in total. The second-order valence-electron chi connectivity index (χ2n) is 14.4. The third-order valence-electron chi connectivity index (χ3n) is 9.30. The third kappa shape index (κ3) is 7.21. The molecule has 50 heavy (non-hydrogen) atoms. The van der Waals surface area contributed by atoms with E-state index in [-0.39, 0.29) is 20.1 Å².